The monoisotopic (exact) mass is 264 g/mol. The third-order valence-corrected chi connectivity index (χ3v) is 3.25. The molecule has 5 N–H and O–H groups in total. The number of carbonyl (C=O) groups excluding carboxylic acids is 1. The number of rotatable bonds is 5. The van der Waals surface area contributed by atoms with Crippen LogP contribution < -0.4 is 11.1 Å². The molecule has 1 saturated carbocycles. The zero-order chi connectivity index (χ0) is 14.0. The maximum atomic E-state index is 11.8. The fourth-order valence-corrected chi connectivity index (χ4v) is 1.82. The zero-order valence-corrected chi connectivity index (χ0v) is 10.3. The van der Waals surface area contributed by atoms with E-state index in [1.165, 1.54) is 12.1 Å². The molecule has 0 bridgehead atoms. The van der Waals surface area contributed by atoms with Gasteiger partial charge in [-0.3, -0.25) is 4.79 Å². The van der Waals surface area contributed by atoms with Crippen LogP contribution in [0.3, 0.4) is 0 Å². The predicted octanol–water partition coefficient (Wildman–Crippen LogP) is -0.00460. The molecule has 1 unspecified atom stereocenters. The topological polar surface area (TPSA) is 113 Å². The van der Waals surface area contributed by atoms with Crippen molar-refractivity contribution in [1.82, 2.24) is 5.32 Å². The van der Waals surface area contributed by atoms with Crippen molar-refractivity contribution < 1.29 is 19.8 Å². The second-order valence-electron chi connectivity index (χ2n) is 4.85. The van der Waals surface area contributed by atoms with Crippen molar-refractivity contribution in [1.29, 1.82) is 0 Å². The van der Waals surface area contributed by atoms with E-state index in [1.807, 2.05) is 0 Å². The predicted molar refractivity (Wildman–Crippen MR) is 67.5 cm³/mol. The van der Waals surface area contributed by atoms with Crippen LogP contribution in [0.1, 0.15) is 18.4 Å². The molecule has 6 nitrogen and oxygen atoms in total. The Morgan fingerprint density at radius 3 is 2.37 bits per heavy atom. The van der Waals surface area contributed by atoms with Gasteiger partial charge in [-0.05, 0) is 37.0 Å². The summed E-state index contributed by atoms with van der Waals surface area (Å²) in [6.07, 6.45) is 1.18. The minimum Gasteiger partial charge on any atom is -0.508 e. The van der Waals surface area contributed by atoms with Crippen LogP contribution in [-0.2, 0) is 16.0 Å². The number of hydrogen-bond donors (Lipinski definition) is 4. The van der Waals surface area contributed by atoms with Gasteiger partial charge in [-0.1, -0.05) is 12.1 Å². The van der Waals surface area contributed by atoms with E-state index in [4.69, 9.17) is 15.9 Å². The van der Waals surface area contributed by atoms with E-state index in [9.17, 15) is 9.59 Å². The largest absolute Gasteiger partial charge is 0.508 e. The molecule has 102 valence electrons. The summed E-state index contributed by atoms with van der Waals surface area (Å²) < 4.78 is 0. The van der Waals surface area contributed by atoms with E-state index in [-0.39, 0.29) is 5.75 Å². The first kappa shape index (κ1) is 13.4. The molecule has 0 aromatic heterocycles. The van der Waals surface area contributed by atoms with Crippen LogP contribution in [0, 0.1) is 0 Å². The van der Waals surface area contributed by atoms with Crippen LogP contribution in [0.25, 0.3) is 0 Å². The summed E-state index contributed by atoms with van der Waals surface area (Å²) in [6.45, 7) is 0. The summed E-state index contributed by atoms with van der Waals surface area (Å²) in [4.78, 5) is 22.8. The standard InChI is InChI=1S/C13H16N2O4/c14-10(7-8-1-3-9(16)4-2-8)11(17)15-13(5-6-13)12(18)19/h1-4,10,16H,5-7,14H2,(H,15,17)(H,18,19). The van der Waals surface area contributed by atoms with Crippen LogP contribution >= 0.6 is 0 Å². The molecule has 2 rings (SSSR count). The first-order valence-electron chi connectivity index (χ1n) is 6.02. The van der Waals surface area contributed by atoms with Crippen LogP contribution in [0.15, 0.2) is 24.3 Å². The van der Waals surface area contributed by atoms with E-state index in [1.54, 1.807) is 12.1 Å². The maximum Gasteiger partial charge on any atom is 0.329 e. The lowest BCUT2D eigenvalue weighted by molar-refractivity contribution is -0.143. The summed E-state index contributed by atoms with van der Waals surface area (Å²) in [7, 11) is 0. The molecule has 1 aromatic carbocycles. The molecule has 0 spiro atoms. The molecule has 1 amide bonds. The van der Waals surface area contributed by atoms with Gasteiger partial charge in [0.1, 0.15) is 11.3 Å². The van der Waals surface area contributed by atoms with Crippen LogP contribution in [0.4, 0.5) is 0 Å². The van der Waals surface area contributed by atoms with Crippen LogP contribution in [0.5, 0.6) is 5.75 Å². The Hall–Kier alpha value is -2.08. The third kappa shape index (κ3) is 3.03. The van der Waals surface area contributed by atoms with Gasteiger partial charge >= 0.3 is 5.97 Å². The maximum absolute atomic E-state index is 11.8. The Balaban J connectivity index is 1.93. The summed E-state index contributed by atoms with van der Waals surface area (Å²) in [5.74, 6) is -1.34. The minimum absolute atomic E-state index is 0.143. The number of aromatic hydroxyl groups is 1. The van der Waals surface area contributed by atoms with Crippen molar-refractivity contribution in [2.45, 2.75) is 30.8 Å². The van der Waals surface area contributed by atoms with E-state index in [0.29, 0.717) is 19.3 Å². The van der Waals surface area contributed by atoms with Crippen molar-refractivity contribution in [2.24, 2.45) is 5.73 Å². The second-order valence-corrected chi connectivity index (χ2v) is 4.85. The van der Waals surface area contributed by atoms with E-state index < -0.39 is 23.5 Å². The summed E-state index contributed by atoms with van der Waals surface area (Å²) in [5.41, 5.74) is 5.45. The Kier molecular flexibility index (Phi) is 3.44. The number of nitrogens with two attached hydrogens (primary N) is 1. The SMILES string of the molecule is NC(Cc1ccc(O)cc1)C(=O)NC1(C(=O)O)CC1. The second kappa shape index (κ2) is 4.89. The Morgan fingerprint density at radius 1 is 1.32 bits per heavy atom. The molecular weight excluding hydrogens is 248 g/mol. The number of phenols is 1. The molecule has 1 aromatic rings. The van der Waals surface area contributed by atoms with Crippen molar-refractivity contribution >= 4 is 11.9 Å². The number of hydrogen-bond acceptors (Lipinski definition) is 4. The molecule has 19 heavy (non-hydrogen) atoms. The molecule has 0 radical (unpaired) electrons. The van der Waals surface area contributed by atoms with Crippen LogP contribution in [0.2, 0.25) is 0 Å². The van der Waals surface area contributed by atoms with Gasteiger partial charge in [-0.15, -0.1) is 0 Å². The normalized spacial score (nSPS) is 17.5. The number of benzene rings is 1. The first-order chi connectivity index (χ1) is 8.93. The summed E-state index contributed by atoms with van der Waals surface area (Å²) >= 11 is 0. The number of aliphatic carboxylic acids is 1. The molecule has 0 aliphatic heterocycles. The molecule has 0 heterocycles. The van der Waals surface area contributed by atoms with Gasteiger partial charge in [-0.25, -0.2) is 4.79 Å². The lowest BCUT2D eigenvalue weighted by Crippen LogP contribution is -2.50. The average Bonchev–Trinajstić information content (AvgIpc) is 3.13. The van der Waals surface area contributed by atoms with E-state index in [2.05, 4.69) is 5.32 Å². The van der Waals surface area contributed by atoms with Gasteiger partial charge in [-0.2, -0.15) is 0 Å². The number of carboxylic acids is 1. The average molecular weight is 264 g/mol. The Labute approximate surface area is 110 Å². The Bertz CT molecular complexity index is 494. The van der Waals surface area contributed by atoms with Crippen LogP contribution in [-0.4, -0.2) is 33.7 Å². The first-order valence-corrected chi connectivity index (χ1v) is 6.02. The molecule has 1 aliphatic rings. The van der Waals surface area contributed by atoms with Gasteiger partial charge in [0.15, 0.2) is 0 Å². The fourth-order valence-electron chi connectivity index (χ4n) is 1.82. The molecular formula is C13H16N2O4. The number of carboxylic acid groups (broad SMARTS) is 1. The van der Waals surface area contributed by atoms with Crippen molar-refractivity contribution in [3.05, 3.63) is 29.8 Å². The molecule has 6 heteroatoms. The third-order valence-electron chi connectivity index (χ3n) is 3.25. The quantitative estimate of drug-likeness (QED) is 0.597. The van der Waals surface area contributed by atoms with Gasteiger partial charge in [0.2, 0.25) is 5.91 Å². The smallest absolute Gasteiger partial charge is 0.329 e. The van der Waals surface area contributed by atoms with Gasteiger partial charge in [0.25, 0.3) is 0 Å². The van der Waals surface area contributed by atoms with Gasteiger partial charge < -0.3 is 21.3 Å². The highest BCUT2D eigenvalue weighted by atomic mass is 16.4. The number of carbonyl (C=O) groups is 2. The van der Waals surface area contributed by atoms with Gasteiger partial charge in [0, 0.05) is 0 Å². The molecule has 0 saturated heterocycles. The lowest BCUT2D eigenvalue weighted by atomic mass is 10.1. The zero-order valence-electron chi connectivity index (χ0n) is 10.3. The fraction of sp³-hybridized carbons (Fsp3) is 0.385. The minimum atomic E-state index is -1.11. The number of nitrogens with one attached hydrogen (secondary N) is 1. The van der Waals surface area contributed by atoms with Gasteiger partial charge in [0.05, 0.1) is 6.04 Å². The highest BCUT2D eigenvalue weighted by Crippen LogP contribution is 2.35. The molecule has 1 aliphatic carbocycles. The molecule has 1 atom stereocenters. The number of phenolic OH excluding ortho intramolecular Hbond substituents is 1. The lowest BCUT2D eigenvalue weighted by Gasteiger charge is -2.16. The van der Waals surface area contributed by atoms with Crippen molar-refractivity contribution in [3.8, 4) is 5.75 Å². The van der Waals surface area contributed by atoms with E-state index >= 15 is 0 Å². The Morgan fingerprint density at radius 2 is 1.89 bits per heavy atom. The van der Waals surface area contributed by atoms with Crippen molar-refractivity contribution in [3.63, 3.8) is 0 Å². The van der Waals surface area contributed by atoms with Crippen molar-refractivity contribution in [2.75, 3.05) is 0 Å². The molecule has 1 fully saturated rings. The number of amides is 1. The summed E-state index contributed by atoms with van der Waals surface area (Å²) in [5, 5.41) is 20.6. The summed E-state index contributed by atoms with van der Waals surface area (Å²) in [6, 6.07) is 5.57. The van der Waals surface area contributed by atoms with E-state index in [0.717, 1.165) is 5.56 Å². The highest BCUT2D eigenvalue weighted by molar-refractivity contribution is 5.91. The highest BCUT2D eigenvalue weighted by Gasteiger charge is 2.52.